The predicted molar refractivity (Wildman–Crippen MR) is 103 cm³/mol. The number of carbonyl (C=O) groups excluding carboxylic acids is 2. The Hall–Kier alpha value is -2.04. The van der Waals surface area contributed by atoms with Gasteiger partial charge in [-0.05, 0) is 49.8 Å². The van der Waals surface area contributed by atoms with Crippen LogP contribution in [0.1, 0.15) is 64.9 Å². The van der Waals surface area contributed by atoms with E-state index in [4.69, 9.17) is 4.74 Å². The molecule has 1 heterocycles. The van der Waals surface area contributed by atoms with Gasteiger partial charge in [-0.15, -0.1) is 0 Å². The van der Waals surface area contributed by atoms with E-state index in [1.54, 1.807) is 6.92 Å². The van der Waals surface area contributed by atoms with E-state index >= 15 is 0 Å². The van der Waals surface area contributed by atoms with Gasteiger partial charge < -0.3 is 15.0 Å². The summed E-state index contributed by atoms with van der Waals surface area (Å²) in [6.07, 6.45) is 2.52. The fourth-order valence-corrected chi connectivity index (χ4v) is 3.21. The number of piperidine rings is 1. The summed E-state index contributed by atoms with van der Waals surface area (Å²) in [4.78, 5) is 26.2. The van der Waals surface area contributed by atoms with Gasteiger partial charge in [0, 0.05) is 25.6 Å². The van der Waals surface area contributed by atoms with Crippen LogP contribution in [0.25, 0.3) is 0 Å². The molecule has 2 rings (SSSR count). The van der Waals surface area contributed by atoms with E-state index in [0.717, 1.165) is 25.0 Å². The monoisotopic (exact) mass is 360 g/mol. The van der Waals surface area contributed by atoms with Crippen LogP contribution in [0.3, 0.4) is 0 Å². The van der Waals surface area contributed by atoms with E-state index < -0.39 is 6.10 Å². The Morgan fingerprint density at radius 2 is 1.77 bits per heavy atom. The molecule has 5 nitrogen and oxygen atoms in total. The van der Waals surface area contributed by atoms with Gasteiger partial charge >= 0.3 is 0 Å². The Labute approximate surface area is 157 Å². The molecule has 2 amide bonds. The van der Waals surface area contributed by atoms with Gasteiger partial charge in [-0.1, -0.05) is 32.9 Å². The molecule has 1 aliphatic rings. The van der Waals surface area contributed by atoms with Crippen LogP contribution in [0, 0.1) is 0 Å². The minimum absolute atomic E-state index is 0.0104. The van der Waals surface area contributed by atoms with Crippen molar-refractivity contribution in [2.75, 3.05) is 13.1 Å². The first-order valence-corrected chi connectivity index (χ1v) is 9.75. The summed E-state index contributed by atoms with van der Waals surface area (Å²) in [6, 6.07) is 8.12. The molecule has 1 unspecified atom stereocenters. The van der Waals surface area contributed by atoms with Crippen LogP contribution >= 0.6 is 0 Å². The van der Waals surface area contributed by atoms with Crippen LogP contribution in [0.4, 0.5) is 0 Å². The molecule has 1 atom stereocenters. The molecular formula is C21H32N2O3. The van der Waals surface area contributed by atoms with Gasteiger partial charge in [-0.2, -0.15) is 0 Å². The molecule has 0 spiro atoms. The first-order valence-electron chi connectivity index (χ1n) is 9.75. The Bertz CT molecular complexity index is 590. The van der Waals surface area contributed by atoms with Crippen LogP contribution in [0.5, 0.6) is 5.75 Å². The second-order valence-corrected chi connectivity index (χ2v) is 7.40. The van der Waals surface area contributed by atoms with Gasteiger partial charge in [0.1, 0.15) is 5.75 Å². The Morgan fingerprint density at radius 3 is 2.31 bits per heavy atom. The van der Waals surface area contributed by atoms with Crippen molar-refractivity contribution in [3.63, 3.8) is 0 Å². The van der Waals surface area contributed by atoms with Crippen molar-refractivity contribution in [2.45, 2.75) is 71.4 Å². The molecule has 1 fully saturated rings. The molecule has 5 heteroatoms. The van der Waals surface area contributed by atoms with Crippen molar-refractivity contribution < 1.29 is 14.3 Å². The smallest absolute Gasteiger partial charge is 0.263 e. The Balaban J connectivity index is 1.80. The topological polar surface area (TPSA) is 58.6 Å². The van der Waals surface area contributed by atoms with Crippen LogP contribution in [-0.4, -0.2) is 41.9 Å². The number of rotatable bonds is 7. The third-order valence-electron chi connectivity index (χ3n) is 4.86. The van der Waals surface area contributed by atoms with Gasteiger partial charge in [0.2, 0.25) is 5.91 Å². The van der Waals surface area contributed by atoms with E-state index in [2.05, 4.69) is 19.2 Å². The van der Waals surface area contributed by atoms with Crippen molar-refractivity contribution >= 4 is 11.8 Å². The van der Waals surface area contributed by atoms with Gasteiger partial charge in [0.25, 0.3) is 5.91 Å². The van der Waals surface area contributed by atoms with Gasteiger partial charge in [-0.3, -0.25) is 9.59 Å². The standard InChI is InChI=1S/C21H32N2O3/c1-5-6-20(24)22-18-11-13-23(14-12-18)21(25)16(4)26-19-9-7-17(8-10-19)15(2)3/h7-10,15-16,18H,5-6,11-14H2,1-4H3,(H,22,24). The molecule has 0 aliphatic carbocycles. The van der Waals surface area contributed by atoms with E-state index in [-0.39, 0.29) is 17.9 Å². The summed E-state index contributed by atoms with van der Waals surface area (Å²) in [6.45, 7) is 9.42. The van der Waals surface area contributed by atoms with Crippen LogP contribution in [0.15, 0.2) is 24.3 Å². The van der Waals surface area contributed by atoms with Crippen molar-refractivity contribution in [3.8, 4) is 5.75 Å². The maximum absolute atomic E-state index is 12.6. The lowest BCUT2D eigenvalue weighted by molar-refractivity contribution is -0.139. The number of hydrogen-bond donors (Lipinski definition) is 1. The minimum atomic E-state index is -0.508. The van der Waals surface area contributed by atoms with Crippen LogP contribution < -0.4 is 10.1 Å². The largest absolute Gasteiger partial charge is 0.481 e. The first-order chi connectivity index (χ1) is 12.4. The number of likely N-dealkylation sites (tertiary alicyclic amines) is 1. The second-order valence-electron chi connectivity index (χ2n) is 7.40. The average Bonchev–Trinajstić information content (AvgIpc) is 2.62. The highest BCUT2D eigenvalue weighted by atomic mass is 16.5. The Kier molecular flexibility index (Phi) is 7.49. The summed E-state index contributed by atoms with van der Waals surface area (Å²) in [7, 11) is 0. The van der Waals surface area contributed by atoms with E-state index in [9.17, 15) is 9.59 Å². The van der Waals surface area contributed by atoms with E-state index in [0.29, 0.717) is 25.4 Å². The predicted octanol–water partition coefficient (Wildman–Crippen LogP) is 3.48. The molecule has 1 N–H and O–H groups in total. The van der Waals surface area contributed by atoms with E-state index in [1.807, 2.05) is 36.1 Å². The number of hydrogen-bond acceptors (Lipinski definition) is 3. The molecule has 26 heavy (non-hydrogen) atoms. The zero-order chi connectivity index (χ0) is 19.1. The number of amides is 2. The summed E-state index contributed by atoms with van der Waals surface area (Å²) >= 11 is 0. The summed E-state index contributed by atoms with van der Waals surface area (Å²) in [5.41, 5.74) is 1.25. The fraction of sp³-hybridized carbons (Fsp3) is 0.619. The molecule has 0 saturated carbocycles. The highest BCUT2D eigenvalue weighted by Crippen LogP contribution is 2.20. The second kappa shape index (κ2) is 9.60. The van der Waals surface area contributed by atoms with Crippen LogP contribution in [-0.2, 0) is 9.59 Å². The van der Waals surface area contributed by atoms with Gasteiger partial charge in [0.05, 0.1) is 0 Å². The number of ether oxygens (including phenoxy) is 1. The van der Waals surface area contributed by atoms with Gasteiger partial charge in [0.15, 0.2) is 6.10 Å². The molecule has 0 bridgehead atoms. The molecule has 1 aromatic carbocycles. The number of nitrogens with zero attached hydrogens (tertiary/aromatic N) is 1. The maximum Gasteiger partial charge on any atom is 0.263 e. The minimum Gasteiger partial charge on any atom is -0.481 e. The summed E-state index contributed by atoms with van der Waals surface area (Å²) < 4.78 is 5.83. The van der Waals surface area contributed by atoms with Gasteiger partial charge in [-0.25, -0.2) is 0 Å². The number of carbonyl (C=O) groups is 2. The zero-order valence-electron chi connectivity index (χ0n) is 16.5. The summed E-state index contributed by atoms with van der Waals surface area (Å²) in [5, 5.41) is 3.05. The highest BCUT2D eigenvalue weighted by molar-refractivity contribution is 5.81. The molecule has 1 saturated heterocycles. The lowest BCUT2D eigenvalue weighted by atomic mass is 10.0. The number of benzene rings is 1. The lowest BCUT2D eigenvalue weighted by Gasteiger charge is -2.33. The molecular weight excluding hydrogens is 328 g/mol. The molecule has 0 aromatic heterocycles. The maximum atomic E-state index is 12.6. The van der Waals surface area contributed by atoms with Crippen molar-refractivity contribution in [1.82, 2.24) is 10.2 Å². The van der Waals surface area contributed by atoms with Crippen molar-refractivity contribution in [2.24, 2.45) is 0 Å². The van der Waals surface area contributed by atoms with Crippen LogP contribution in [0.2, 0.25) is 0 Å². The average molecular weight is 360 g/mol. The Morgan fingerprint density at radius 1 is 1.15 bits per heavy atom. The summed E-state index contributed by atoms with van der Waals surface area (Å²) in [5.74, 6) is 1.31. The SMILES string of the molecule is CCCC(=O)NC1CCN(C(=O)C(C)Oc2ccc(C(C)C)cc2)CC1. The molecule has 144 valence electrons. The van der Waals surface area contributed by atoms with Crippen molar-refractivity contribution in [3.05, 3.63) is 29.8 Å². The third-order valence-corrected chi connectivity index (χ3v) is 4.86. The third kappa shape index (κ3) is 5.75. The van der Waals surface area contributed by atoms with Crippen molar-refractivity contribution in [1.29, 1.82) is 0 Å². The quantitative estimate of drug-likeness (QED) is 0.810. The molecule has 0 radical (unpaired) electrons. The normalized spacial score (nSPS) is 16.4. The number of nitrogens with one attached hydrogen (secondary N) is 1. The fourth-order valence-electron chi connectivity index (χ4n) is 3.21. The molecule has 1 aliphatic heterocycles. The lowest BCUT2D eigenvalue weighted by Crippen LogP contribution is -2.49. The highest BCUT2D eigenvalue weighted by Gasteiger charge is 2.27. The zero-order valence-corrected chi connectivity index (χ0v) is 16.5. The van der Waals surface area contributed by atoms with E-state index in [1.165, 1.54) is 5.56 Å². The first kappa shape index (κ1) is 20.3. The molecule has 1 aromatic rings.